The van der Waals surface area contributed by atoms with Gasteiger partial charge in [0, 0.05) is 25.7 Å². The molecule has 1 atom stereocenters. The fraction of sp³-hybridized carbons (Fsp3) is 0.667. The minimum atomic E-state index is 0.304. The van der Waals surface area contributed by atoms with E-state index in [0.717, 1.165) is 42.7 Å². The second kappa shape index (κ2) is 7.25. The SMILES string of the molecule is CCC1CN(c2ccc(Cl)c(CNC(C)C)n2)CCO1. The highest BCUT2D eigenvalue weighted by Crippen LogP contribution is 2.21. The van der Waals surface area contributed by atoms with Crippen LogP contribution in [0.2, 0.25) is 5.02 Å². The van der Waals surface area contributed by atoms with Crippen molar-refractivity contribution in [2.24, 2.45) is 0 Å². The van der Waals surface area contributed by atoms with Crippen LogP contribution >= 0.6 is 11.6 Å². The van der Waals surface area contributed by atoms with Gasteiger partial charge in [0.15, 0.2) is 0 Å². The molecule has 1 saturated heterocycles. The van der Waals surface area contributed by atoms with Gasteiger partial charge in [-0.2, -0.15) is 0 Å². The molecule has 1 N–H and O–H groups in total. The van der Waals surface area contributed by atoms with Gasteiger partial charge in [-0.25, -0.2) is 4.98 Å². The molecule has 5 heteroatoms. The van der Waals surface area contributed by atoms with Crippen LogP contribution in [0.3, 0.4) is 0 Å². The van der Waals surface area contributed by atoms with Gasteiger partial charge in [0.05, 0.1) is 23.4 Å². The highest BCUT2D eigenvalue weighted by atomic mass is 35.5. The Kier molecular flexibility index (Phi) is 5.64. The summed E-state index contributed by atoms with van der Waals surface area (Å²) < 4.78 is 5.70. The molecule has 1 aliphatic rings. The number of aromatic nitrogens is 1. The molecule has 0 radical (unpaired) electrons. The Morgan fingerprint density at radius 1 is 1.50 bits per heavy atom. The maximum absolute atomic E-state index is 6.23. The quantitative estimate of drug-likeness (QED) is 0.907. The number of rotatable bonds is 5. The fourth-order valence-corrected chi connectivity index (χ4v) is 2.42. The summed E-state index contributed by atoms with van der Waals surface area (Å²) in [5, 5.41) is 4.09. The smallest absolute Gasteiger partial charge is 0.129 e. The van der Waals surface area contributed by atoms with E-state index in [9.17, 15) is 0 Å². The number of hydrogen-bond donors (Lipinski definition) is 1. The summed E-state index contributed by atoms with van der Waals surface area (Å²) in [5.74, 6) is 0.997. The molecule has 0 aliphatic carbocycles. The Labute approximate surface area is 126 Å². The van der Waals surface area contributed by atoms with Gasteiger partial charge in [-0.15, -0.1) is 0 Å². The van der Waals surface area contributed by atoms with Crippen molar-refractivity contribution >= 4 is 17.4 Å². The predicted octanol–water partition coefficient (Wildman–Crippen LogP) is 2.85. The summed E-state index contributed by atoms with van der Waals surface area (Å²) in [7, 11) is 0. The second-order valence-electron chi connectivity index (χ2n) is 5.48. The Bertz CT molecular complexity index is 439. The number of hydrogen-bond acceptors (Lipinski definition) is 4. The number of nitrogens with one attached hydrogen (secondary N) is 1. The third-order valence-corrected chi connectivity index (χ3v) is 3.84. The van der Waals surface area contributed by atoms with Gasteiger partial charge in [0.2, 0.25) is 0 Å². The van der Waals surface area contributed by atoms with E-state index >= 15 is 0 Å². The molecular formula is C15H24ClN3O. The Balaban J connectivity index is 2.09. The summed E-state index contributed by atoms with van der Waals surface area (Å²) >= 11 is 6.23. The molecule has 2 rings (SSSR count). The molecule has 1 aliphatic heterocycles. The van der Waals surface area contributed by atoms with E-state index in [4.69, 9.17) is 21.3 Å². The Morgan fingerprint density at radius 2 is 2.30 bits per heavy atom. The maximum atomic E-state index is 6.23. The lowest BCUT2D eigenvalue weighted by atomic mass is 10.2. The van der Waals surface area contributed by atoms with Crippen molar-refractivity contribution in [1.82, 2.24) is 10.3 Å². The van der Waals surface area contributed by atoms with Gasteiger partial charge in [0.25, 0.3) is 0 Å². The highest BCUT2D eigenvalue weighted by Gasteiger charge is 2.20. The first kappa shape index (κ1) is 15.5. The minimum absolute atomic E-state index is 0.304. The lowest BCUT2D eigenvalue weighted by Crippen LogP contribution is -2.42. The molecule has 0 bridgehead atoms. The van der Waals surface area contributed by atoms with E-state index in [1.54, 1.807) is 0 Å². The van der Waals surface area contributed by atoms with Crippen LogP contribution in [-0.2, 0) is 11.3 Å². The summed E-state index contributed by atoms with van der Waals surface area (Å²) in [5.41, 5.74) is 0.914. The van der Waals surface area contributed by atoms with E-state index in [1.165, 1.54) is 0 Å². The van der Waals surface area contributed by atoms with Crippen molar-refractivity contribution in [2.75, 3.05) is 24.6 Å². The van der Waals surface area contributed by atoms with Gasteiger partial charge in [0.1, 0.15) is 5.82 Å². The Hall–Kier alpha value is -0.840. The zero-order chi connectivity index (χ0) is 14.5. The summed E-state index contributed by atoms with van der Waals surface area (Å²) in [4.78, 5) is 7.00. The molecule has 112 valence electrons. The number of pyridine rings is 1. The third kappa shape index (κ3) is 4.08. The van der Waals surface area contributed by atoms with Crippen molar-refractivity contribution in [3.8, 4) is 0 Å². The summed E-state index contributed by atoms with van der Waals surface area (Å²) in [6.07, 6.45) is 1.34. The standard InChI is InChI=1S/C15H24ClN3O/c1-4-12-10-19(7-8-20-12)15-6-5-13(16)14(18-15)9-17-11(2)3/h5-6,11-12,17H,4,7-10H2,1-3H3. The summed E-state index contributed by atoms with van der Waals surface area (Å²) in [6, 6.07) is 4.36. The number of halogens is 1. The van der Waals surface area contributed by atoms with Crippen LogP contribution in [0.25, 0.3) is 0 Å². The first-order chi connectivity index (χ1) is 9.60. The lowest BCUT2D eigenvalue weighted by Gasteiger charge is -2.33. The van der Waals surface area contributed by atoms with E-state index < -0.39 is 0 Å². The average Bonchev–Trinajstić information content (AvgIpc) is 2.46. The van der Waals surface area contributed by atoms with Crippen molar-refractivity contribution in [3.05, 3.63) is 22.8 Å². The zero-order valence-corrected chi connectivity index (χ0v) is 13.3. The molecule has 1 aromatic rings. The van der Waals surface area contributed by atoms with Crippen LogP contribution in [0, 0.1) is 0 Å². The molecular weight excluding hydrogens is 274 g/mol. The van der Waals surface area contributed by atoms with Crippen LogP contribution in [-0.4, -0.2) is 36.8 Å². The average molecular weight is 298 g/mol. The van der Waals surface area contributed by atoms with E-state index in [0.29, 0.717) is 18.7 Å². The molecule has 0 amide bonds. The molecule has 4 nitrogen and oxygen atoms in total. The van der Waals surface area contributed by atoms with E-state index in [-0.39, 0.29) is 0 Å². The van der Waals surface area contributed by atoms with E-state index in [1.807, 2.05) is 12.1 Å². The third-order valence-electron chi connectivity index (χ3n) is 3.50. The van der Waals surface area contributed by atoms with Crippen LogP contribution in [0.5, 0.6) is 0 Å². The molecule has 1 unspecified atom stereocenters. The highest BCUT2D eigenvalue weighted by molar-refractivity contribution is 6.31. The largest absolute Gasteiger partial charge is 0.375 e. The zero-order valence-electron chi connectivity index (χ0n) is 12.5. The van der Waals surface area contributed by atoms with Crippen molar-refractivity contribution < 1.29 is 4.74 Å². The van der Waals surface area contributed by atoms with Crippen molar-refractivity contribution in [2.45, 2.75) is 45.9 Å². The molecule has 2 heterocycles. The van der Waals surface area contributed by atoms with Crippen molar-refractivity contribution in [3.63, 3.8) is 0 Å². The second-order valence-corrected chi connectivity index (χ2v) is 5.89. The van der Waals surface area contributed by atoms with Crippen LogP contribution < -0.4 is 10.2 Å². The van der Waals surface area contributed by atoms with Gasteiger partial charge in [-0.1, -0.05) is 32.4 Å². The van der Waals surface area contributed by atoms with Crippen molar-refractivity contribution in [1.29, 1.82) is 0 Å². The normalized spacial score (nSPS) is 19.6. The number of anilines is 1. The van der Waals surface area contributed by atoms with Gasteiger partial charge in [-0.05, 0) is 18.6 Å². The Morgan fingerprint density at radius 3 is 3.00 bits per heavy atom. The number of ether oxygens (including phenoxy) is 1. The molecule has 0 spiro atoms. The topological polar surface area (TPSA) is 37.4 Å². The van der Waals surface area contributed by atoms with Gasteiger partial charge >= 0.3 is 0 Å². The first-order valence-electron chi connectivity index (χ1n) is 7.35. The molecule has 20 heavy (non-hydrogen) atoms. The molecule has 1 aromatic heterocycles. The molecule has 0 saturated carbocycles. The maximum Gasteiger partial charge on any atom is 0.129 e. The van der Waals surface area contributed by atoms with E-state index in [2.05, 4.69) is 31.0 Å². The number of morpholine rings is 1. The summed E-state index contributed by atoms with van der Waals surface area (Å²) in [6.45, 7) is 9.65. The van der Waals surface area contributed by atoms with Gasteiger partial charge in [-0.3, -0.25) is 0 Å². The first-order valence-corrected chi connectivity index (χ1v) is 7.73. The lowest BCUT2D eigenvalue weighted by molar-refractivity contribution is 0.0381. The van der Waals surface area contributed by atoms with Gasteiger partial charge < -0.3 is 15.0 Å². The molecule has 1 fully saturated rings. The monoisotopic (exact) mass is 297 g/mol. The minimum Gasteiger partial charge on any atom is -0.375 e. The van der Waals surface area contributed by atoms with Crippen LogP contribution in [0.4, 0.5) is 5.82 Å². The predicted molar refractivity (Wildman–Crippen MR) is 83.5 cm³/mol. The van der Waals surface area contributed by atoms with Crippen LogP contribution in [0.1, 0.15) is 32.9 Å². The fourth-order valence-electron chi connectivity index (χ4n) is 2.25. The molecule has 0 aromatic carbocycles. The van der Waals surface area contributed by atoms with Crippen LogP contribution in [0.15, 0.2) is 12.1 Å². The number of nitrogens with zero attached hydrogens (tertiary/aromatic N) is 2.